The van der Waals surface area contributed by atoms with Crippen molar-refractivity contribution >= 4 is 26.8 Å². The fourth-order valence-corrected chi connectivity index (χ4v) is 4.52. The molecule has 1 saturated heterocycles. The molecule has 4 rings (SSSR count). The van der Waals surface area contributed by atoms with Gasteiger partial charge in [0.15, 0.2) is 0 Å². The van der Waals surface area contributed by atoms with Crippen LogP contribution in [0.15, 0.2) is 41.1 Å². The van der Waals surface area contributed by atoms with Crippen LogP contribution in [0, 0.1) is 17.7 Å². The smallest absolute Gasteiger partial charge is 0.230 e. The second-order valence-corrected chi connectivity index (χ2v) is 9.58. The van der Waals surface area contributed by atoms with Crippen molar-refractivity contribution in [2.24, 2.45) is 0 Å². The van der Waals surface area contributed by atoms with E-state index >= 15 is 0 Å². The Morgan fingerprint density at radius 2 is 1.94 bits per heavy atom. The molecule has 0 saturated carbocycles. The molecule has 3 aromatic rings. The van der Waals surface area contributed by atoms with E-state index in [1.165, 1.54) is 44.5 Å². The summed E-state index contributed by atoms with van der Waals surface area (Å²) >= 11 is 3.32. The van der Waals surface area contributed by atoms with Crippen molar-refractivity contribution in [1.82, 2.24) is 15.3 Å². The summed E-state index contributed by atoms with van der Waals surface area (Å²) < 4.78 is 26.6. The van der Waals surface area contributed by atoms with Crippen molar-refractivity contribution in [2.75, 3.05) is 46.9 Å². The zero-order valence-electron chi connectivity index (χ0n) is 19.5. The first-order chi connectivity index (χ1) is 16.5. The third-order valence-electron chi connectivity index (χ3n) is 6.15. The van der Waals surface area contributed by atoms with E-state index in [1.54, 1.807) is 13.2 Å². The van der Waals surface area contributed by atoms with E-state index in [2.05, 4.69) is 50.1 Å². The maximum absolute atomic E-state index is 13.4. The molecule has 2 heterocycles. The standard InChI is InChI=1S/C26H29BrFN4O2/c1-32(13-10-29-11-14-32)12-6-4-3-5-7-19-15-23-21(17-25(19)33-2)26(31-18-30-23)34-24-9-8-20(28)16-22(24)27/h8-9,15-18,29H,3-4,6,10-14H2,1-2H3/q+1. The van der Waals surface area contributed by atoms with Crippen molar-refractivity contribution in [1.29, 1.82) is 0 Å². The lowest BCUT2D eigenvalue weighted by Gasteiger charge is -2.38. The monoisotopic (exact) mass is 527 g/mol. The number of quaternary nitrogens is 1. The number of aromatic nitrogens is 2. The Labute approximate surface area is 208 Å². The van der Waals surface area contributed by atoms with Crippen molar-refractivity contribution in [3.8, 4) is 29.2 Å². The summed E-state index contributed by atoms with van der Waals surface area (Å²) in [6.45, 7) is 5.81. The summed E-state index contributed by atoms with van der Waals surface area (Å²) in [5.74, 6) is 7.65. The molecular weight excluding hydrogens is 499 g/mol. The van der Waals surface area contributed by atoms with Gasteiger partial charge in [-0.3, -0.25) is 0 Å². The zero-order chi connectivity index (χ0) is 24.0. The predicted molar refractivity (Wildman–Crippen MR) is 135 cm³/mol. The number of benzene rings is 2. The number of halogens is 2. The van der Waals surface area contributed by atoms with Crippen molar-refractivity contribution in [3.63, 3.8) is 0 Å². The van der Waals surface area contributed by atoms with Crippen LogP contribution in [0.25, 0.3) is 10.9 Å². The first kappa shape index (κ1) is 24.4. The SMILES string of the molecule is COc1cc2c(Oc3ccc(F)cc3Br)ncnc2cc1C#CCCCC[N+]1(C)CCNCC1. The number of ether oxygens (including phenoxy) is 2. The van der Waals surface area contributed by atoms with Crippen molar-refractivity contribution < 1.29 is 18.3 Å². The normalized spacial score (nSPS) is 14.9. The molecule has 8 heteroatoms. The molecule has 6 nitrogen and oxygen atoms in total. The molecule has 0 spiro atoms. The van der Waals surface area contributed by atoms with Gasteiger partial charge in [0.25, 0.3) is 0 Å². The van der Waals surface area contributed by atoms with Gasteiger partial charge in [-0.1, -0.05) is 11.8 Å². The molecule has 0 atom stereocenters. The minimum Gasteiger partial charge on any atom is -0.495 e. The highest BCUT2D eigenvalue weighted by molar-refractivity contribution is 9.10. The Kier molecular flexibility index (Phi) is 7.99. The fraction of sp³-hybridized carbons (Fsp3) is 0.385. The Bertz CT molecular complexity index is 1220. The van der Waals surface area contributed by atoms with Gasteiger partial charge in [0.05, 0.1) is 54.7 Å². The van der Waals surface area contributed by atoms with Gasteiger partial charge in [-0.05, 0) is 59.1 Å². The van der Waals surface area contributed by atoms with Crippen LogP contribution in [-0.2, 0) is 0 Å². The van der Waals surface area contributed by atoms with Gasteiger partial charge in [-0.25, -0.2) is 14.4 Å². The molecule has 178 valence electrons. The number of nitrogens with one attached hydrogen (secondary N) is 1. The second kappa shape index (κ2) is 11.1. The van der Waals surface area contributed by atoms with E-state index < -0.39 is 0 Å². The minimum absolute atomic E-state index is 0.351. The fourth-order valence-electron chi connectivity index (χ4n) is 4.09. The summed E-state index contributed by atoms with van der Waals surface area (Å²) in [5.41, 5.74) is 1.48. The lowest BCUT2D eigenvalue weighted by atomic mass is 10.1. The van der Waals surface area contributed by atoms with E-state index in [9.17, 15) is 4.39 Å². The summed E-state index contributed by atoms with van der Waals surface area (Å²) in [6, 6.07) is 7.96. The van der Waals surface area contributed by atoms with E-state index in [4.69, 9.17) is 9.47 Å². The molecule has 1 fully saturated rings. The van der Waals surface area contributed by atoms with E-state index in [0.29, 0.717) is 32.8 Å². The van der Waals surface area contributed by atoms with Crippen LogP contribution in [0.5, 0.6) is 17.4 Å². The number of fused-ring (bicyclic) bond motifs is 1. The van der Waals surface area contributed by atoms with Gasteiger partial charge in [-0.15, -0.1) is 0 Å². The number of piperazine rings is 1. The van der Waals surface area contributed by atoms with E-state index in [0.717, 1.165) is 36.0 Å². The van der Waals surface area contributed by atoms with Gasteiger partial charge in [0, 0.05) is 19.5 Å². The van der Waals surface area contributed by atoms with Crippen LogP contribution in [-0.4, -0.2) is 61.3 Å². The molecular formula is C26H29BrFN4O2+. The number of unbranched alkanes of at least 4 members (excludes halogenated alkanes) is 2. The van der Waals surface area contributed by atoms with Gasteiger partial charge in [-0.2, -0.15) is 0 Å². The molecule has 1 aliphatic rings. The molecule has 0 unspecified atom stereocenters. The molecule has 0 amide bonds. The van der Waals surface area contributed by atoms with Crippen molar-refractivity contribution in [2.45, 2.75) is 19.3 Å². The minimum atomic E-state index is -0.351. The molecule has 34 heavy (non-hydrogen) atoms. The summed E-state index contributed by atoms with van der Waals surface area (Å²) in [5, 5.41) is 4.12. The van der Waals surface area contributed by atoms with Crippen LogP contribution in [0.3, 0.4) is 0 Å². The molecule has 0 aliphatic carbocycles. The van der Waals surface area contributed by atoms with E-state index in [-0.39, 0.29) is 5.82 Å². The van der Waals surface area contributed by atoms with Crippen LogP contribution >= 0.6 is 15.9 Å². The Hall–Kier alpha value is -2.73. The number of hydrogen-bond acceptors (Lipinski definition) is 5. The topological polar surface area (TPSA) is 56.3 Å². The van der Waals surface area contributed by atoms with E-state index in [1.807, 2.05) is 12.1 Å². The summed E-state index contributed by atoms with van der Waals surface area (Å²) in [6.07, 6.45) is 4.54. The lowest BCUT2D eigenvalue weighted by molar-refractivity contribution is -0.911. The third-order valence-corrected chi connectivity index (χ3v) is 6.77. The quantitative estimate of drug-likeness (QED) is 0.269. The highest BCUT2D eigenvalue weighted by Crippen LogP contribution is 2.34. The van der Waals surface area contributed by atoms with Crippen LogP contribution in [0.2, 0.25) is 0 Å². The lowest BCUT2D eigenvalue weighted by Crippen LogP contribution is -2.56. The largest absolute Gasteiger partial charge is 0.495 e. The molecule has 1 aromatic heterocycles. The predicted octanol–water partition coefficient (Wildman–Crippen LogP) is 4.90. The van der Waals surface area contributed by atoms with Gasteiger partial charge in [0.2, 0.25) is 5.88 Å². The number of rotatable bonds is 7. The summed E-state index contributed by atoms with van der Waals surface area (Å²) in [7, 11) is 3.96. The zero-order valence-corrected chi connectivity index (χ0v) is 21.1. The molecule has 1 N–H and O–H groups in total. The van der Waals surface area contributed by atoms with Crippen molar-refractivity contribution in [3.05, 3.63) is 52.5 Å². The van der Waals surface area contributed by atoms with Crippen LogP contribution in [0.4, 0.5) is 4.39 Å². The average Bonchev–Trinajstić information content (AvgIpc) is 2.83. The Morgan fingerprint density at radius 1 is 1.12 bits per heavy atom. The third kappa shape index (κ3) is 6.03. The van der Waals surface area contributed by atoms with Gasteiger partial charge >= 0.3 is 0 Å². The molecule has 0 bridgehead atoms. The first-order valence-electron chi connectivity index (χ1n) is 11.5. The first-order valence-corrected chi connectivity index (χ1v) is 12.3. The van der Waals surface area contributed by atoms with Gasteiger partial charge in [0.1, 0.15) is 23.6 Å². The number of likely N-dealkylation sites (N-methyl/N-ethyl adjacent to an activating group) is 1. The summed E-state index contributed by atoms with van der Waals surface area (Å²) in [4.78, 5) is 8.65. The molecule has 1 aliphatic heterocycles. The Morgan fingerprint density at radius 3 is 2.71 bits per heavy atom. The number of hydrogen-bond donors (Lipinski definition) is 1. The average molecular weight is 528 g/mol. The second-order valence-electron chi connectivity index (χ2n) is 8.72. The molecule has 0 radical (unpaired) electrons. The molecule has 2 aromatic carbocycles. The number of nitrogens with zero attached hydrogens (tertiary/aromatic N) is 3. The highest BCUT2D eigenvalue weighted by atomic mass is 79.9. The maximum atomic E-state index is 13.4. The highest BCUT2D eigenvalue weighted by Gasteiger charge is 2.23. The Balaban J connectivity index is 1.46. The van der Waals surface area contributed by atoms with Crippen LogP contribution < -0.4 is 14.8 Å². The van der Waals surface area contributed by atoms with Gasteiger partial charge < -0.3 is 19.3 Å². The number of methoxy groups -OCH3 is 1. The maximum Gasteiger partial charge on any atom is 0.230 e. The van der Waals surface area contributed by atoms with Crippen LogP contribution in [0.1, 0.15) is 24.8 Å².